The van der Waals surface area contributed by atoms with E-state index in [1.807, 2.05) is 74.5 Å². The summed E-state index contributed by atoms with van der Waals surface area (Å²) in [4.78, 5) is 29.7. The number of hydrogen-bond acceptors (Lipinski definition) is 3. The van der Waals surface area contributed by atoms with Crippen molar-refractivity contribution in [3.63, 3.8) is 0 Å². The van der Waals surface area contributed by atoms with Crippen LogP contribution in [0.2, 0.25) is 15.1 Å². The average molecular weight is 564 g/mol. The van der Waals surface area contributed by atoms with E-state index in [4.69, 9.17) is 34.8 Å². The molecule has 0 aromatic heterocycles. The zero-order chi connectivity index (χ0) is 26.1. The lowest BCUT2D eigenvalue weighted by atomic mass is 10.0. The fourth-order valence-electron chi connectivity index (χ4n) is 3.70. The summed E-state index contributed by atoms with van der Waals surface area (Å²) in [5, 5.41) is 4.51. The van der Waals surface area contributed by atoms with Gasteiger partial charge in [-0.3, -0.25) is 9.59 Å². The molecule has 0 aliphatic rings. The predicted molar refractivity (Wildman–Crippen MR) is 151 cm³/mol. The SMILES string of the molecule is CC(C)NC(=O)[C@H](Cc1ccccc1)N(Cc1ccc(Cl)c(Cl)c1)C(=O)CCSc1ccc(Cl)cc1. The molecule has 3 aromatic carbocycles. The van der Waals surface area contributed by atoms with Crippen LogP contribution in [-0.2, 0) is 22.6 Å². The van der Waals surface area contributed by atoms with Crippen LogP contribution < -0.4 is 5.32 Å². The molecule has 3 aromatic rings. The summed E-state index contributed by atoms with van der Waals surface area (Å²) in [5.41, 5.74) is 1.78. The predicted octanol–water partition coefficient (Wildman–Crippen LogP) is 7.29. The van der Waals surface area contributed by atoms with Gasteiger partial charge in [-0.2, -0.15) is 0 Å². The molecular formula is C28H29Cl3N2O2S. The quantitative estimate of drug-likeness (QED) is 0.249. The second-order valence-electron chi connectivity index (χ2n) is 8.69. The van der Waals surface area contributed by atoms with Gasteiger partial charge in [0.15, 0.2) is 0 Å². The zero-order valence-electron chi connectivity index (χ0n) is 20.2. The number of thioether (sulfide) groups is 1. The summed E-state index contributed by atoms with van der Waals surface area (Å²) in [6, 6.07) is 21.8. The Labute approximate surface area is 232 Å². The first kappa shape index (κ1) is 28.4. The number of nitrogens with one attached hydrogen (secondary N) is 1. The number of carbonyl (C=O) groups excluding carboxylic acids is 2. The van der Waals surface area contributed by atoms with E-state index in [0.29, 0.717) is 27.2 Å². The van der Waals surface area contributed by atoms with Crippen LogP contribution in [0.1, 0.15) is 31.4 Å². The highest BCUT2D eigenvalue weighted by atomic mass is 35.5. The maximum atomic E-state index is 13.6. The van der Waals surface area contributed by atoms with Gasteiger partial charge < -0.3 is 10.2 Å². The van der Waals surface area contributed by atoms with Gasteiger partial charge in [0.2, 0.25) is 11.8 Å². The van der Waals surface area contributed by atoms with Crippen molar-refractivity contribution in [2.24, 2.45) is 0 Å². The molecular weight excluding hydrogens is 535 g/mol. The van der Waals surface area contributed by atoms with Crippen LogP contribution in [-0.4, -0.2) is 34.6 Å². The van der Waals surface area contributed by atoms with Crippen molar-refractivity contribution in [3.8, 4) is 0 Å². The van der Waals surface area contributed by atoms with Crippen molar-refractivity contribution in [2.45, 2.75) is 50.2 Å². The molecule has 0 saturated carbocycles. The summed E-state index contributed by atoms with van der Waals surface area (Å²) in [7, 11) is 0. The number of nitrogens with zero attached hydrogens (tertiary/aromatic N) is 1. The lowest BCUT2D eigenvalue weighted by molar-refractivity contribution is -0.141. The molecule has 0 bridgehead atoms. The second-order valence-corrected chi connectivity index (χ2v) is 11.1. The standard InChI is InChI=1S/C28H29Cl3N2O2S/c1-19(2)32-28(35)26(17-20-6-4-3-5-7-20)33(18-21-8-13-24(30)25(31)16-21)27(34)14-15-36-23-11-9-22(29)10-12-23/h3-13,16,19,26H,14-15,17-18H2,1-2H3,(H,32,35)/t26-/m0/s1. The number of amides is 2. The van der Waals surface area contributed by atoms with E-state index in [2.05, 4.69) is 5.32 Å². The number of carbonyl (C=O) groups is 2. The Morgan fingerprint density at radius 3 is 2.22 bits per heavy atom. The monoisotopic (exact) mass is 562 g/mol. The highest BCUT2D eigenvalue weighted by molar-refractivity contribution is 7.99. The summed E-state index contributed by atoms with van der Waals surface area (Å²) in [5.74, 6) is 0.275. The van der Waals surface area contributed by atoms with Crippen molar-refractivity contribution in [2.75, 3.05) is 5.75 Å². The van der Waals surface area contributed by atoms with Gasteiger partial charge in [0.05, 0.1) is 10.0 Å². The van der Waals surface area contributed by atoms with Crippen LogP contribution >= 0.6 is 46.6 Å². The summed E-state index contributed by atoms with van der Waals surface area (Å²) in [6.07, 6.45) is 0.672. The maximum absolute atomic E-state index is 13.6. The van der Waals surface area contributed by atoms with Gasteiger partial charge in [-0.1, -0.05) is 71.2 Å². The molecule has 1 atom stereocenters. The molecule has 0 saturated heterocycles. The van der Waals surface area contributed by atoms with Crippen molar-refractivity contribution in [1.82, 2.24) is 10.2 Å². The normalized spacial score (nSPS) is 11.8. The van der Waals surface area contributed by atoms with Gasteiger partial charge in [0.25, 0.3) is 0 Å². The number of hydrogen-bond donors (Lipinski definition) is 1. The molecule has 190 valence electrons. The van der Waals surface area contributed by atoms with Crippen molar-refractivity contribution >= 4 is 58.4 Å². The lowest BCUT2D eigenvalue weighted by Gasteiger charge is -2.32. The van der Waals surface area contributed by atoms with Gasteiger partial charge >= 0.3 is 0 Å². The molecule has 0 spiro atoms. The Kier molecular flexibility index (Phi) is 11.0. The van der Waals surface area contributed by atoms with E-state index < -0.39 is 6.04 Å². The molecule has 0 aliphatic heterocycles. The Morgan fingerprint density at radius 1 is 0.889 bits per heavy atom. The third kappa shape index (κ3) is 8.74. The van der Waals surface area contributed by atoms with Crippen molar-refractivity contribution in [1.29, 1.82) is 0 Å². The molecule has 3 rings (SSSR count). The average Bonchev–Trinajstić information content (AvgIpc) is 2.85. The molecule has 0 aliphatic carbocycles. The molecule has 1 N–H and O–H groups in total. The van der Waals surface area contributed by atoms with E-state index in [1.165, 1.54) is 0 Å². The van der Waals surface area contributed by atoms with Crippen LogP contribution in [0.3, 0.4) is 0 Å². The maximum Gasteiger partial charge on any atom is 0.243 e. The molecule has 0 heterocycles. The van der Waals surface area contributed by atoms with E-state index in [-0.39, 0.29) is 30.8 Å². The molecule has 4 nitrogen and oxygen atoms in total. The van der Waals surface area contributed by atoms with Crippen LogP contribution in [0.4, 0.5) is 0 Å². The van der Waals surface area contributed by atoms with Gasteiger partial charge in [-0.05, 0) is 61.4 Å². The summed E-state index contributed by atoms with van der Waals surface area (Å²) >= 11 is 19.9. The highest BCUT2D eigenvalue weighted by Crippen LogP contribution is 2.26. The minimum absolute atomic E-state index is 0.0573. The van der Waals surface area contributed by atoms with Crippen LogP contribution in [0.5, 0.6) is 0 Å². The molecule has 8 heteroatoms. The highest BCUT2D eigenvalue weighted by Gasteiger charge is 2.30. The fourth-order valence-corrected chi connectivity index (χ4v) is 4.99. The van der Waals surface area contributed by atoms with Gasteiger partial charge in [-0.15, -0.1) is 11.8 Å². The van der Waals surface area contributed by atoms with Crippen molar-refractivity contribution < 1.29 is 9.59 Å². The minimum Gasteiger partial charge on any atom is -0.352 e. The molecule has 0 unspecified atom stereocenters. The van der Waals surface area contributed by atoms with Gasteiger partial charge in [-0.25, -0.2) is 0 Å². The third-order valence-corrected chi connectivity index (χ3v) is 7.44. The topological polar surface area (TPSA) is 49.4 Å². The van der Waals surface area contributed by atoms with E-state index in [1.54, 1.807) is 28.8 Å². The van der Waals surface area contributed by atoms with E-state index >= 15 is 0 Å². The van der Waals surface area contributed by atoms with Crippen LogP contribution in [0.15, 0.2) is 77.7 Å². The fraction of sp³-hybridized carbons (Fsp3) is 0.286. The first-order valence-corrected chi connectivity index (χ1v) is 13.8. The Bertz CT molecular complexity index is 1160. The molecule has 2 amide bonds. The summed E-state index contributed by atoms with van der Waals surface area (Å²) < 4.78 is 0. The first-order valence-electron chi connectivity index (χ1n) is 11.7. The first-order chi connectivity index (χ1) is 17.2. The summed E-state index contributed by atoms with van der Waals surface area (Å²) in [6.45, 7) is 4.06. The van der Waals surface area contributed by atoms with Gasteiger partial charge in [0, 0.05) is 41.1 Å². The second kappa shape index (κ2) is 13.9. The van der Waals surface area contributed by atoms with E-state index in [0.717, 1.165) is 16.0 Å². The van der Waals surface area contributed by atoms with E-state index in [9.17, 15) is 9.59 Å². The minimum atomic E-state index is -0.683. The largest absolute Gasteiger partial charge is 0.352 e. The number of halogens is 3. The van der Waals surface area contributed by atoms with Crippen LogP contribution in [0.25, 0.3) is 0 Å². The Morgan fingerprint density at radius 2 is 1.58 bits per heavy atom. The zero-order valence-corrected chi connectivity index (χ0v) is 23.3. The number of rotatable bonds is 11. The third-order valence-electron chi connectivity index (χ3n) is 5.44. The van der Waals surface area contributed by atoms with Crippen LogP contribution in [0, 0.1) is 0 Å². The molecule has 0 fully saturated rings. The Hall–Kier alpha value is -2.18. The molecule has 0 radical (unpaired) electrons. The smallest absolute Gasteiger partial charge is 0.243 e. The lowest BCUT2D eigenvalue weighted by Crippen LogP contribution is -2.51. The van der Waals surface area contributed by atoms with Crippen molar-refractivity contribution in [3.05, 3.63) is 99.0 Å². The number of benzene rings is 3. The molecule has 36 heavy (non-hydrogen) atoms. The van der Waals surface area contributed by atoms with Gasteiger partial charge in [0.1, 0.15) is 6.04 Å². The Balaban J connectivity index is 1.86.